The van der Waals surface area contributed by atoms with E-state index < -0.39 is 0 Å². The molecule has 0 aliphatic carbocycles. The van der Waals surface area contributed by atoms with Gasteiger partial charge in [0.2, 0.25) is 0 Å². The first-order chi connectivity index (χ1) is 9.52. The first kappa shape index (κ1) is 15.0. The van der Waals surface area contributed by atoms with Crippen molar-refractivity contribution in [2.45, 2.75) is 25.8 Å². The molecule has 2 aromatic carbocycles. The third-order valence-corrected chi connectivity index (χ3v) is 3.73. The molecule has 20 heavy (non-hydrogen) atoms. The molecule has 1 unspecified atom stereocenters. The van der Waals surface area contributed by atoms with Gasteiger partial charge in [0.05, 0.1) is 6.04 Å². The third-order valence-electron chi connectivity index (χ3n) is 3.49. The number of hydrogen-bond acceptors (Lipinski definition) is 1. The van der Waals surface area contributed by atoms with Crippen molar-refractivity contribution < 1.29 is 4.39 Å². The van der Waals surface area contributed by atoms with Crippen LogP contribution in [0.15, 0.2) is 42.5 Å². The largest absolute Gasteiger partial charge is 0.309 e. The Morgan fingerprint density at radius 1 is 1.00 bits per heavy atom. The van der Waals surface area contributed by atoms with Gasteiger partial charge in [-0.15, -0.1) is 0 Å². The highest BCUT2D eigenvalue weighted by Gasteiger charge is 2.16. The van der Waals surface area contributed by atoms with Gasteiger partial charge in [0.1, 0.15) is 5.82 Å². The topological polar surface area (TPSA) is 12.0 Å². The van der Waals surface area contributed by atoms with Crippen LogP contribution in [0.25, 0.3) is 0 Å². The van der Waals surface area contributed by atoms with Crippen molar-refractivity contribution in [1.82, 2.24) is 5.32 Å². The fraction of sp³-hybridized carbons (Fsp3) is 0.294. The van der Waals surface area contributed by atoms with Crippen LogP contribution >= 0.6 is 11.6 Å². The number of hydrogen-bond donors (Lipinski definition) is 1. The Morgan fingerprint density at radius 2 is 1.60 bits per heavy atom. The molecular weight excluding hydrogens is 273 g/mol. The molecule has 0 spiro atoms. The standard InChI is InChI=1S/C17H19ClFN/c1-11(2)12-4-6-13(7-5-12)17(20-3)15-10-14(18)8-9-16(15)19/h4-11,17,20H,1-3H3. The van der Waals surface area contributed by atoms with Gasteiger partial charge >= 0.3 is 0 Å². The summed E-state index contributed by atoms with van der Waals surface area (Å²) in [4.78, 5) is 0. The molecule has 1 nitrogen and oxygen atoms in total. The number of rotatable bonds is 4. The molecule has 0 bridgehead atoms. The predicted molar refractivity (Wildman–Crippen MR) is 82.8 cm³/mol. The number of halogens is 2. The van der Waals surface area contributed by atoms with Gasteiger partial charge in [-0.1, -0.05) is 49.7 Å². The van der Waals surface area contributed by atoms with E-state index in [1.54, 1.807) is 12.1 Å². The quantitative estimate of drug-likeness (QED) is 0.844. The highest BCUT2D eigenvalue weighted by molar-refractivity contribution is 6.30. The average molecular weight is 292 g/mol. The van der Waals surface area contributed by atoms with Gasteiger partial charge in [-0.25, -0.2) is 4.39 Å². The molecular formula is C17H19ClFN. The lowest BCUT2D eigenvalue weighted by Gasteiger charge is -2.19. The molecule has 0 aliphatic heterocycles. The molecule has 0 saturated carbocycles. The fourth-order valence-corrected chi connectivity index (χ4v) is 2.49. The molecule has 3 heteroatoms. The van der Waals surface area contributed by atoms with E-state index in [1.807, 2.05) is 19.2 Å². The van der Waals surface area contributed by atoms with Crippen LogP contribution in [0.1, 0.15) is 42.5 Å². The molecule has 2 aromatic rings. The normalized spacial score (nSPS) is 12.7. The van der Waals surface area contributed by atoms with Gasteiger partial charge < -0.3 is 5.32 Å². The van der Waals surface area contributed by atoms with Crippen LogP contribution in [-0.4, -0.2) is 7.05 Å². The Bertz CT molecular complexity index is 578. The monoisotopic (exact) mass is 291 g/mol. The predicted octanol–water partition coefficient (Wildman–Crippen LogP) is 4.91. The zero-order valence-electron chi connectivity index (χ0n) is 12.0. The Balaban J connectivity index is 2.39. The van der Waals surface area contributed by atoms with E-state index in [-0.39, 0.29) is 11.9 Å². The van der Waals surface area contributed by atoms with Gasteiger partial charge in [0, 0.05) is 10.6 Å². The summed E-state index contributed by atoms with van der Waals surface area (Å²) in [5.41, 5.74) is 2.87. The Hall–Kier alpha value is -1.38. The minimum atomic E-state index is -0.248. The smallest absolute Gasteiger partial charge is 0.128 e. The summed E-state index contributed by atoms with van der Waals surface area (Å²) in [6.07, 6.45) is 0. The van der Waals surface area contributed by atoms with Crippen molar-refractivity contribution in [3.8, 4) is 0 Å². The third kappa shape index (κ3) is 3.20. The van der Waals surface area contributed by atoms with Gasteiger partial charge in [-0.3, -0.25) is 0 Å². The molecule has 0 radical (unpaired) electrons. The summed E-state index contributed by atoms with van der Waals surface area (Å²) in [5, 5.41) is 3.69. The van der Waals surface area contributed by atoms with Gasteiger partial charge in [-0.05, 0) is 42.3 Å². The average Bonchev–Trinajstić information content (AvgIpc) is 2.44. The van der Waals surface area contributed by atoms with Crippen LogP contribution in [0.3, 0.4) is 0 Å². The summed E-state index contributed by atoms with van der Waals surface area (Å²) in [6.45, 7) is 4.31. The molecule has 0 aliphatic rings. The minimum Gasteiger partial charge on any atom is -0.309 e. The summed E-state index contributed by atoms with van der Waals surface area (Å²) in [7, 11) is 1.82. The summed E-state index contributed by atoms with van der Waals surface area (Å²) < 4.78 is 14.0. The Labute approximate surface area is 124 Å². The van der Waals surface area contributed by atoms with Crippen LogP contribution in [0.4, 0.5) is 4.39 Å². The van der Waals surface area contributed by atoms with Crippen LogP contribution in [0.5, 0.6) is 0 Å². The van der Waals surface area contributed by atoms with Gasteiger partial charge in [0.15, 0.2) is 0 Å². The van der Waals surface area contributed by atoms with E-state index in [4.69, 9.17) is 11.6 Å². The second-order valence-corrected chi connectivity index (χ2v) is 5.65. The maximum Gasteiger partial charge on any atom is 0.128 e. The van der Waals surface area contributed by atoms with Gasteiger partial charge in [0.25, 0.3) is 0 Å². The maximum atomic E-state index is 14.0. The highest BCUT2D eigenvalue weighted by Crippen LogP contribution is 2.27. The first-order valence-electron chi connectivity index (χ1n) is 6.75. The van der Waals surface area contributed by atoms with Crippen molar-refractivity contribution in [2.75, 3.05) is 7.05 Å². The van der Waals surface area contributed by atoms with Crippen molar-refractivity contribution in [1.29, 1.82) is 0 Å². The van der Waals surface area contributed by atoms with E-state index in [1.165, 1.54) is 11.6 Å². The van der Waals surface area contributed by atoms with Crippen LogP contribution in [0, 0.1) is 5.82 Å². The number of benzene rings is 2. The molecule has 106 valence electrons. The van der Waals surface area contributed by atoms with Crippen LogP contribution < -0.4 is 5.32 Å². The molecule has 0 aromatic heterocycles. The fourth-order valence-electron chi connectivity index (χ4n) is 2.31. The lowest BCUT2D eigenvalue weighted by atomic mass is 9.95. The first-order valence-corrected chi connectivity index (χ1v) is 7.12. The van der Waals surface area contributed by atoms with Gasteiger partial charge in [-0.2, -0.15) is 0 Å². The summed E-state index contributed by atoms with van der Waals surface area (Å²) >= 11 is 5.98. The Kier molecular flexibility index (Phi) is 4.79. The second-order valence-electron chi connectivity index (χ2n) is 5.21. The van der Waals surface area contributed by atoms with Crippen molar-refractivity contribution in [3.63, 3.8) is 0 Å². The van der Waals surface area contributed by atoms with E-state index in [0.29, 0.717) is 16.5 Å². The SMILES string of the molecule is CNC(c1ccc(C(C)C)cc1)c1cc(Cl)ccc1F. The molecule has 0 saturated heterocycles. The lowest BCUT2D eigenvalue weighted by Crippen LogP contribution is -2.19. The molecule has 1 N–H and O–H groups in total. The lowest BCUT2D eigenvalue weighted by molar-refractivity contribution is 0.576. The van der Waals surface area contributed by atoms with E-state index in [2.05, 4.69) is 31.3 Å². The van der Waals surface area contributed by atoms with Crippen molar-refractivity contribution >= 4 is 11.6 Å². The molecule has 0 amide bonds. The zero-order chi connectivity index (χ0) is 14.7. The second kappa shape index (κ2) is 6.38. The number of nitrogens with one attached hydrogen (secondary N) is 1. The minimum absolute atomic E-state index is 0.199. The molecule has 1 atom stereocenters. The molecule has 0 heterocycles. The van der Waals surface area contributed by atoms with Crippen molar-refractivity contribution in [2.24, 2.45) is 0 Å². The van der Waals surface area contributed by atoms with Crippen LogP contribution in [-0.2, 0) is 0 Å². The summed E-state index contributed by atoms with van der Waals surface area (Å²) in [6, 6.07) is 12.7. The molecule has 0 fully saturated rings. The maximum absolute atomic E-state index is 14.0. The van der Waals surface area contributed by atoms with Crippen molar-refractivity contribution in [3.05, 3.63) is 70.0 Å². The van der Waals surface area contributed by atoms with E-state index in [9.17, 15) is 4.39 Å². The Morgan fingerprint density at radius 3 is 2.15 bits per heavy atom. The summed E-state index contributed by atoms with van der Waals surface area (Å²) in [5.74, 6) is 0.238. The van der Waals surface area contributed by atoms with Crippen LogP contribution in [0.2, 0.25) is 5.02 Å². The van der Waals surface area contributed by atoms with E-state index >= 15 is 0 Å². The zero-order valence-corrected chi connectivity index (χ0v) is 12.7. The highest BCUT2D eigenvalue weighted by atomic mass is 35.5. The van der Waals surface area contributed by atoms with E-state index in [0.717, 1.165) is 5.56 Å². The molecule has 2 rings (SSSR count).